The highest BCUT2D eigenvalue weighted by molar-refractivity contribution is 7.99. The molecule has 0 aromatic carbocycles. The molecule has 0 aromatic rings. The first kappa shape index (κ1) is 34.9. The lowest BCUT2D eigenvalue weighted by molar-refractivity contribution is -0.134. The lowest BCUT2D eigenvalue weighted by Gasteiger charge is -2.41. The standard InChI is InChI=1S/C30H52N4O6S/c1-7-8-15-31-26(36)20(2)18-24(35)23-19-41-17-11-9-10-13-22-14-12-16-34(29(39)40-30(4,5)6)25(22)28(38)32-21(3)27(37)33-23/h9,11,20-25,35H,7-8,10,12-19H2,1-6H3,(H,31,36)(H,32,38)(H,33,37)/b11-9+/t20-,21+,22+,23+,24+,25-/m1/s1. The van der Waals surface area contributed by atoms with Crippen LogP contribution < -0.4 is 16.0 Å². The molecule has 2 rings (SSSR count). The van der Waals surface area contributed by atoms with Crippen molar-refractivity contribution < 1.29 is 29.0 Å². The molecule has 0 aromatic heterocycles. The predicted octanol–water partition coefficient (Wildman–Crippen LogP) is 3.38. The number of thioether (sulfide) groups is 1. The quantitative estimate of drug-likeness (QED) is 0.261. The van der Waals surface area contributed by atoms with Crippen LogP contribution in [0.3, 0.4) is 0 Å². The molecule has 10 nitrogen and oxygen atoms in total. The molecule has 0 radical (unpaired) electrons. The summed E-state index contributed by atoms with van der Waals surface area (Å²) < 4.78 is 5.62. The van der Waals surface area contributed by atoms with Gasteiger partial charge >= 0.3 is 6.09 Å². The van der Waals surface area contributed by atoms with Crippen molar-refractivity contribution in [1.29, 1.82) is 0 Å². The van der Waals surface area contributed by atoms with Gasteiger partial charge in [-0.2, -0.15) is 11.8 Å². The Bertz CT molecular complexity index is 908. The summed E-state index contributed by atoms with van der Waals surface area (Å²) >= 11 is 1.59. The summed E-state index contributed by atoms with van der Waals surface area (Å²) in [4.78, 5) is 53.9. The number of rotatable bonds is 7. The lowest BCUT2D eigenvalue weighted by Crippen LogP contribution is -2.60. The number of piperidine rings is 1. The molecular formula is C30H52N4O6S. The van der Waals surface area contributed by atoms with E-state index in [1.807, 2.05) is 0 Å². The molecule has 2 aliphatic heterocycles. The van der Waals surface area contributed by atoms with Crippen LogP contribution in [0.4, 0.5) is 4.79 Å². The van der Waals surface area contributed by atoms with Gasteiger partial charge < -0.3 is 25.8 Å². The summed E-state index contributed by atoms with van der Waals surface area (Å²) in [6.45, 7) is 11.8. The first-order chi connectivity index (χ1) is 19.3. The third kappa shape index (κ3) is 11.9. The van der Waals surface area contributed by atoms with E-state index >= 15 is 0 Å². The van der Waals surface area contributed by atoms with Crippen molar-refractivity contribution in [3.8, 4) is 0 Å². The molecule has 2 aliphatic rings. The molecule has 41 heavy (non-hydrogen) atoms. The van der Waals surface area contributed by atoms with Gasteiger partial charge in [0.1, 0.15) is 17.7 Å². The molecule has 1 fully saturated rings. The Hall–Kier alpha value is -2.27. The highest BCUT2D eigenvalue weighted by Crippen LogP contribution is 2.30. The molecule has 0 bridgehead atoms. The van der Waals surface area contributed by atoms with E-state index in [0.29, 0.717) is 24.6 Å². The molecule has 1 saturated heterocycles. The number of nitrogens with one attached hydrogen (secondary N) is 3. The van der Waals surface area contributed by atoms with Gasteiger partial charge in [0.15, 0.2) is 0 Å². The minimum absolute atomic E-state index is 0.0616. The third-order valence-corrected chi connectivity index (χ3v) is 8.47. The van der Waals surface area contributed by atoms with Gasteiger partial charge in [-0.1, -0.05) is 32.4 Å². The van der Waals surface area contributed by atoms with E-state index in [0.717, 1.165) is 38.5 Å². The first-order valence-corrected chi connectivity index (χ1v) is 16.3. The first-order valence-electron chi connectivity index (χ1n) is 15.1. The van der Waals surface area contributed by atoms with Gasteiger partial charge in [-0.25, -0.2) is 4.79 Å². The van der Waals surface area contributed by atoms with E-state index in [1.165, 1.54) is 4.90 Å². The molecule has 6 atom stereocenters. The SMILES string of the molecule is CCCCNC(=O)[C@H](C)C[C@H](O)[C@@H]1CSC/C=C/CC[C@H]2CCCN(C(=O)OC(C)(C)C)[C@H]2C(=O)N[C@@H](C)C(=O)N1. The second-order valence-corrected chi connectivity index (χ2v) is 13.4. The van der Waals surface area contributed by atoms with Gasteiger partial charge in [-0.3, -0.25) is 19.3 Å². The third-order valence-electron chi connectivity index (χ3n) is 7.45. The van der Waals surface area contributed by atoms with E-state index in [1.54, 1.807) is 46.4 Å². The Morgan fingerprint density at radius 3 is 2.61 bits per heavy atom. The van der Waals surface area contributed by atoms with E-state index in [-0.39, 0.29) is 24.2 Å². The number of hydrogen-bond donors (Lipinski definition) is 4. The molecule has 4 amide bonds. The molecule has 11 heteroatoms. The van der Waals surface area contributed by atoms with Crippen LogP contribution in [0.15, 0.2) is 12.2 Å². The molecule has 0 saturated carbocycles. The van der Waals surface area contributed by atoms with Crippen LogP contribution >= 0.6 is 11.8 Å². The van der Waals surface area contributed by atoms with Crippen molar-refractivity contribution in [1.82, 2.24) is 20.9 Å². The number of allylic oxidation sites excluding steroid dienone is 1. The Kier molecular flexibility index (Phi) is 14.5. The highest BCUT2D eigenvalue weighted by atomic mass is 32.2. The zero-order valence-electron chi connectivity index (χ0n) is 25.7. The molecule has 0 spiro atoms. The predicted molar refractivity (Wildman–Crippen MR) is 162 cm³/mol. The number of aliphatic hydroxyl groups excluding tert-OH is 1. The Morgan fingerprint density at radius 2 is 1.93 bits per heavy atom. The Labute approximate surface area is 250 Å². The fourth-order valence-corrected chi connectivity index (χ4v) is 6.10. The second-order valence-electron chi connectivity index (χ2n) is 12.3. The summed E-state index contributed by atoms with van der Waals surface area (Å²) in [5, 5.41) is 19.7. The normalized spacial score (nSPS) is 27.1. The van der Waals surface area contributed by atoms with Crippen LogP contribution in [0.1, 0.15) is 86.5 Å². The smallest absolute Gasteiger partial charge is 0.410 e. The van der Waals surface area contributed by atoms with Gasteiger partial charge in [0, 0.05) is 30.5 Å². The monoisotopic (exact) mass is 596 g/mol. The zero-order chi connectivity index (χ0) is 30.6. The summed E-state index contributed by atoms with van der Waals surface area (Å²) in [5.74, 6) is -0.242. The van der Waals surface area contributed by atoms with Crippen molar-refractivity contribution in [3.05, 3.63) is 12.2 Å². The van der Waals surface area contributed by atoms with Crippen molar-refractivity contribution in [3.63, 3.8) is 0 Å². The number of unbranched alkanes of at least 4 members (excludes halogenated alkanes) is 1. The number of aliphatic hydroxyl groups is 1. The van der Waals surface area contributed by atoms with E-state index in [9.17, 15) is 24.3 Å². The molecule has 0 unspecified atom stereocenters. The van der Waals surface area contributed by atoms with Crippen molar-refractivity contribution >= 4 is 35.6 Å². The van der Waals surface area contributed by atoms with Gasteiger partial charge in [0.25, 0.3) is 0 Å². The van der Waals surface area contributed by atoms with Gasteiger partial charge in [0.05, 0.1) is 12.1 Å². The maximum absolute atomic E-state index is 13.6. The maximum atomic E-state index is 13.6. The Morgan fingerprint density at radius 1 is 1.20 bits per heavy atom. The summed E-state index contributed by atoms with van der Waals surface area (Å²) in [7, 11) is 0. The highest BCUT2D eigenvalue weighted by Gasteiger charge is 2.41. The number of nitrogens with zero attached hydrogens (tertiary/aromatic N) is 1. The van der Waals surface area contributed by atoms with Gasteiger partial charge in [-0.15, -0.1) is 0 Å². The van der Waals surface area contributed by atoms with E-state index in [2.05, 4.69) is 35.0 Å². The minimum atomic E-state index is -0.939. The van der Waals surface area contributed by atoms with Crippen LogP contribution in [0.2, 0.25) is 0 Å². The number of likely N-dealkylation sites (tertiary alicyclic amines) is 1. The van der Waals surface area contributed by atoms with Crippen molar-refractivity contribution in [2.45, 2.75) is 116 Å². The number of hydrogen-bond acceptors (Lipinski definition) is 7. The maximum Gasteiger partial charge on any atom is 0.410 e. The lowest BCUT2D eigenvalue weighted by atomic mass is 9.85. The summed E-state index contributed by atoms with van der Waals surface area (Å²) in [6.07, 6.45) is 7.84. The van der Waals surface area contributed by atoms with Crippen LogP contribution in [-0.4, -0.2) is 88.2 Å². The number of carbonyl (C=O) groups is 4. The minimum Gasteiger partial charge on any atom is -0.444 e. The second kappa shape index (κ2) is 17.0. The molecule has 0 aliphatic carbocycles. The van der Waals surface area contributed by atoms with E-state index < -0.39 is 47.7 Å². The number of fused-ring (bicyclic) bond motifs is 1. The largest absolute Gasteiger partial charge is 0.444 e. The molecule has 234 valence electrons. The van der Waals surface area contributed by atoms with Crippen LogP contribution in [-0.2, 0) is 19.1 Å². The summed E-state index contributed by atoms with van der Waals surface area (Å²) in [5.41, 5.74) is -0.697. The average molecular weight is 597 g/mol. The zero-order valence-corrected chi connectivity index (χ0v) is 26.6. The van der Waals surface area contributed by atoms with Gasteiger partial charge in [0.2, 0.25) is 17.7 Å². The fourth-order valence-electron chi connectivity index (χ4n) is 5.13. The van der Waals surface area contributed by atoms with Crippen LogP contribution in [0, 0.1) is 11.8 Å². The molecule has 2 heterocycles. The number of amides is 4. The van der Waals surface area contributed by atoms with Crippen LogP contribution in [0.5, 0.6) is 0 Å². The van der Waals surface area contributed by atoms with Crippen molar-refractivity contribution in [2.75, 3.05) is 24.6 Å². The topological polar surface area (TPSA) is 137 Å². The van der Waals surface area contributed by atoms with E-state index in [4.69, 9.17) is 4.74 Å². The van der Waals surface area contributed by atoms with Crippen molar-refractivity contribution in [2.24, 2.45) is 11.8 Å². The fraction of sp³-hybridized carbons (Fsp3) is 0.800. The number of carbonyl (C=O) groups excluding carboxylic acids is 4. The molecule has 4 N–H and O–H groups in total. The van der Waals surface area contributed by atoms with Crippen LogP contribution in [0.25, 0.3) is 0 Å². The molecular weight excluding hydrogens is 544 g/mol. The average Bonchev–Trinajstić information content (AvgIpc) is 2.90. The Balaban J connectivity index is 2.18. The summed E-state index contributed by atoms with van der Waals surface area (Å²) in [6, 6.07) is -2.23. The number of ether oxygens (including phenoxy) is 1. The van der Waals surface area contributed by atoms with Gasteiger partial charge in [-0.05, 0) is 72.1 Å².